The zero-order valence-electron chi connectivity index (χ0n) is 8.65. The average molecular weight is 278 g/mol. The van der Waals surface area contributed by atoms with Gasteiger partial charge in [-0.05, 0) is 27.6 Å². The Bertz CT molecular complexity index is 471. The van der Waals surface area contributed by atoms with Crippen LogP contribution in [0.2, 0.25) is 0 Å². The predicted molar refractivity (Wildman–Crippen MR) is 70.1 cm³/mol. The number of rotatable bonds is 3. The van der Waals surface area contributed by atoms with E-state index in [-0.39, 0.29) is 0 Å². The Hall–Kier alpha value is -1.55. The first-order valence-corrected chi connectivity index (χ1v) is 5.74. The number of nitrogen functional groups attached to an aromatic ring is 1. The van der Waals surface area contributed by atoms with E-state index in [4.69, 9.17) is 5.73 Å². The highest BCUT2D eigenvalue weighted by molar-refractivity contribution is 9.10. The molecule has 0 bridgehead atoms. The molecule has 4 heteroatoms. The number of pyridine rings is 1. The third-order valence-electron chi connectivity index (χ3n) is 2.17. The van der Waals surface area contributed by atoms with Gasteiger partial charge in [0.2, 0.25) is 0 Å². The second kappa shape index (κ2) is 4.99. The SMILES string of the molecule is Nc1cnc(NCc2ccccc2)c(Br)c1. The van der Waals surface area contributed by atoms with Crippen molar-refractivity contribution in [2.75, 3.05) is 11.1 Å². The Balaban J connectivity index is 2.05. The minimum absolute atomic E-state index is 0.650. The fraction of sp³-hybridized carbons (Fsp3) is 0.0833. The van der Waals surface area contributed by atoms with E-state index in [2.05, 4.69) is 38.4 Å². The van der Waals surface area contributed by atoms with Crippen LogP contribution in [-0.2, 0) is 6.54 Å². The van der Waals surface area contributed by atoms with Gasteiger partial charge in [-0.3, -0.25) is 0 Å². The maximum atomic E-state index is 5.61. The summed E-state index contributed by atoms with van der Waals surface area (Å²) in [5.41, 5.74) is 7.48. The van der Waals surface area contributed by atoms with Crippen LogP contribution in [-0.4, -0.2) is 4.98 Å². The summed E-state index contributed by atoms with van der Waals surface area (Å²) in [5.74, 6) is 0.804. The van der Waals surface area contributed by atoms with Gasteiger partial charge >= 0.3 is 0 Å². The average Bonchev–Trinajstić information content (AvgIpc) is 2.29. The van der Waals surface area contributed by atoms with Gasteiger partial charge in [0.15, 0.2) is 0 Å². The molecule has 1 heterocycles. The number of hydrogen-bond donors (Lipinski definition) is 2. The van der Waals surface area contributed by atoms with Crippen LogP contribution in [0.15, 0.2) is 47.1 Å². The molecule has 2 rings (SSSR count). The fourth-order valence-electron chi connectivity index (χ4n) is 1.36. The van der Waals surface area contributed by atoms with E-state index in [1.54, 1.807) is 6.20 Å². The molecule has 3 N–H and O–H groups in total. The minimum atomic E-state index is 0.650. The van der Waals surface area contributed by atoms with Gasteiger partial charge < -0.3 is 11.1 Å². The molecular weight excluding hydrogens is 266 g/mol. The first-order chi connectivity index (χ1) is 7.75. The van der Waals surface area contributed by atoms with Gasteiger partial charge in [-0.2, -0.15) is 0 Å². The molecule has 0 aliphatic rings. The molecule has 0 aliphatic heterocycles. The molecular formula is C12H12BrN3. The zero-order valence-corrected chi connectivity index (χ0v) is 10.2. The molecule has 1 aromatic carbocycles. The van der Waals surface area contributed by atoms with Crippen molar-refractivity contribution in [3.63, 3.8) is 0 Å². The summed E-state index contributed by atoms with van der Waals surface area (Å²) >= 11 is 3.42. The molecule has 0 amide bonds. The van der Waals surface area contributed by atoms with Gasteiger partial charge in [0.05, 0.1) is 16.4 Å². The summed E-state index contributed by atoms with van der Waals surface area (Å²) in [6.45, 7) is 0.746. The molecule has 0 unspecified atom stereocenters. The van der Waals surface area contributed by atoms with Crippen molar-refractivity contribution in [3.8, 4) is 0 Å². The first-order valence-electron chi connectivity index (χ1n) is 4.94. The molecule has 0 aliphatic carbocycles. The number of hydrogen-bond acceptors (Lipinski definition) is 3. The molecule has 0 saturated heterocycles. The lowest BCUT2D eigenvalue weighted by atomic mass is 10.2. The summed E-state index contributed by atoms with van der Waals surface area (Å²) in [6.07, 6.45) is 1.64. The van der Waals surface area contributed by atoms with Crippen molar-refractivity contribution in [2.24, 2.45) is 0 Å². The number of halogens is 1. The van der Waals surface area contributed by atoms with Crippen molar-refractivity contribution in [1.29, 1.82) is 0 Å². The Morgan fingerprint density at radius 1 is 1.25 bits per heavy atom. The summed E-state index contributed by atoms with van der Waals surface area (Å²) in [6, 6.07) is 12.0. The van der Waals surface area contributed by atoms with Gasteiger partial charge in [-0.1, -0.05) is 30.3 Å². The molecule has 16 heavy (non-hydrogen) atoms. The van der Waals surface area contributed by atoms with Crippen LogP contribution in [0.3, 0.4) is 0 Å². The summed E-state index contributed by atoms with van der Waals surface area (Å²) in [4.78, 5) is 4.21. The summed E-state index contributed by atoms with van der Waals surface area (Å²) < 4.78 is 0.878. The van der Waals surface area contributed by atoms with Crippen LogP contribution in [0, 0.1) is 0 Å². The standard InChI is InChI=1S/C12H12BrN3/c13-11-6-10(14)8-16-12(11)15-7-9-4-2-1-3-5-9/h1-6,8H,7,14H2,(H,15,16). The van der Waals surface area contributed by atoms with Gasteiger partial charge in [-0.15, -0.1) is 0 Å². The number of aromatic nitrogens is 1. The molecule has 0 fully saturated rings. The predicted octanol–water partition coefficient (Wildman–Crippen LogP) is 3.04. The molecule has 0 saturated carbocycles. The topological polar surface area (TPSA) is 50.9 Å². The van der Waals surface area contributed by atoms with Gasteiger partial charge in [0.1, 0.15) is 5.82 Å². The van der Waals surface area contributed by atoms with E-state index >= 15 is 0 Å². The quantitative estimate of drug-likeness (QED) is 0.907. The van der Waals surface area contributed by atoms with Crippen LogP contribution < -0.4 is 11.1 Å². The normalized spacial score (nSPS) is 10.1. The van der Waals surface area contributed by atoms with Crippen molar-refractivity contribution < 1.29 is 0 Å². The molecule has 3 nitrogen and oxygen atoms in total. The molecule has 0 radical (unpaired) electrons. The first kappa shape index (κ1) is 11.0. The Labute approximate surface area is 103 Å². The third kappa shape index (κ3) is 2.73. The van der Waals surface area contributed by atoms with Crippen LogP contribution in [0.5, 0.6) is 0 Å². The summed E-state index contributed by atoms with van der Waals surface area (Å²) in [5, 5.41) is 3.24. The lowest BCUT2D eigenvalue weighted by Crippen LogP contribution is -2.02. The van der Waals surface area contributed by atoms with Crippen LogP contribution in [0.4, 0.5) is 11.5 Å². The number of nitrogens with one attached hydrogen (secondary N) is 1. The van der Waals surface area contributed by atoms with Crippen molar-refractivity contribution in [2.45, 2.75) is 6.54 Å². The largest absolute Gasteiger partial charge is 0.397 e. The van der Waals surface area contributed by atoms with Gasteiger partial charge in [0, 0.05) is 6.54 Å². The smallest absolute Gasteiger partial charge is 0.140 e. The number of anilines is 2. The van der Waals surface area contributed by atoms with Gasteiger partial charge in [0.25, 0.3) is 0 Å². The van der Waals surface area contributed by atoms with E-state index in [0.717, 1.165) is 16.8 Å². The fourth-order valence-corrected chi connectivity index (χ4v) is 1.87. The van der Waals surface area contributed by atoms with Gasteiger partial charge in [-0.25, -0.2) is 4.98 Å². The minimum Gasteiger partial charge on any atom is -0.397 e. The van der Waals surface area contributed by atoms with E-state index in [0.29, 0.717) is 5.69 Å². The molecule has 2 aromatic rings. The lowest BCUT2D eigenvalue weighted by Gasteiger charge is -2.07. The van der Waals surface area contributed by atoms with Crippen LogP contribution in [0.25, 0.3) is 0 Å². The summed E-state index contributed by atoms with van der Waals surface area (Å²) in [7, 11) is 0. The maximum absolute atomic E-state index is 5.61. The molecule has 82 valence electrons. The van der Waals surface area contributed by atoms with Crippen molar-refractivity contribution in [3.05, 3.63) is 52.6 Å². The second-order valence-corrected chi connectivity index (χ2v) is 4.29. The highest BCUT2D eigenvalue weighted by Gasteiger charge is 2.01. The molecule has 0 atom stereocenters. The van der Waals surface area contributed by atoms with E-state index in [9.17, 15) is 0 Å². The Morgan fingerprint density at radius 2 is 2.00 bits per heavy atom. The monoisotopic (exact) mass is 277 g/mol. The molecule has 1 aromatic heterocycles. The number of nitrogens with zero attached hydrogens (tertiary/aromatic N) is 1. The lowest BCUT2D eigenvalue weighted by molar-refractivity contribution is 1.11. The van der Waals surface area contributed by atoms with Crippen molar-refractivity contribution in [1.82, 2.24) is 4.98 Å². The highest BCUT2D eigenvalue weighted by Crippen LogP contribution is 2.22. The second-order valence-electron chi connectivity index (χ2n) is 3.44. The number of benzene rings is 1. The van der Waals surface area contributed by atoms with E-state index in [1.807, 2.05) is 24.3 Å². The Kier molecular flexibility index (Phi) is 3.41. The number of nitrogens with two attached hydrogens (primary N) is 1. The maximum Gasteiger partial charge on any atom is 0.140 e. The Morgan fingerprint density at radius 3 is 2.69 bits per heavy atom. The van der Waals surface area contributed by atoms with E-state index in [1.165, 1.54) is 5.56 Å². The van der Waals surface area contributed by atoms with Crippen LogP contribution in [0.1, 0.15) is 5.56 Å². The van der Waals surface area contributed by atoms with Crippen molar-refractivity contribution >= 4 is 27.4 Å². The highest BCUT2D eigenvalue weighted by atomic mass is 79.9. The third-order valence-corrected chi connectivity index (χ3v) is 2.77. The molecule has 0 spiro atoms. The zero-order chi connectivity index (χ0) is 11.4. The van der Waals surface area contributed by atoms with Crippen LogP contribution >= 0.6 is 15.9 Å². The van der Waals surface area contributed by atoms with E-state index < -0.39 is 0 Å².